The molecule has 0 saturated heterocycles. The lowest BCUT2D eigenvalue weighted by Crippen LogP contribution is -2.21. The number of rotatable bonds is 4. The van der Waals surface area contributed by atoms with E-state index >= 15 is 0 Å². The molecule has 20 heavy (non-hydrogen) atoms. The molecule has 0 bridgehead atoms. The Morgan fingerprint density at radius 1 is 1.25 bits per heavy atom. The molecule has 0 aliphatic rings. The van der Waals surface area contributed by atoms with Crippen molar-refractivity contribution in [2.45, 2.75) is 12.3 Å². The van der Waals surface area contributed by atoms with Gasteiger partial charge in [-0.1, -0.05) is 41.9 Å². The van der Waals surface area contributed by atoms with Crippen molar-refractivity contribution in [1.29, 1.82) is 0 Å². The number of halogens is 1. The molecule has 0 saturated carbocycles. The molecule has 1 amide bonds. The average Bonchev–Trinajstić information content (AvgIpc) is 2.45. The Balaban J connectivity index is 2.45. The highest BCUT2D eigenvalue weighted by Crippen LogP contribution is 2.34. The van der Waals surface area contributed by atoms with E-state index < -0.39 is 0 Å². The molecule has 0 radical (unpaired) electrons. The van der Waals surface area contributed by atoms with Gasteiger partial charge in [0, 0.05) is 24.4 Å². The lowest BCUT2D eigenvalue weighted by molar-refractivity contribution is -0.120. The highest BCUT2D eigenvalue weighted by atomic mass is 35.5. The van der Waals surface area contributed by atoms with Crippen LogP contribution < -0.4 is 5.32 Å². The topological polar surface area (TPSA) is 49.3 Å². The molecule has 0 aromatic heterocycles. The summed E-state index contributed by atoms with van der Waals surface area (Å²) in [6, 6.07) is 14.4. The third-order valence-corrected chi connectivity index (χ3v) is 3.57. The largest absolute Gasteiger partial charge is 0.508 e. The van der Waals surface area contributed by atoms with E-state index in [0.717, 1.165) is 11.1 Å². The van der Waals surface area contributed by atoms with Gasteiger partial charge in [-0.3, -0.25) is 4.79 Å². The first-order valence-corrected chi connectivity index (χ1v) is 6.73. The minimum absolute atomic E-state index is 0.0711. The van der Waals surface area contributed by atoms with Crippen molar-refractivity contribution in [1.82, 2.24) is 5.32 Å². The Morgan fingerprint density at radius 2 is 2.00 bits per heavy atom. The van der Waals surface area contributed by atoms with E-state index in [2.05, 4.69) is 5.32 Å². The highest BCUT2D eigenvalue weighted by Gasteiger charge is 2.20. The van der Waals surface area contributed by atoms with Crippen molar-refractivity contribution in [2.24, 2.45) is 0 Å². The van der Waals surface area contributed by atoms with E-state index in [1.54, 1.807) is 31.3 Å². The van der Waals surface area contributed by atoms with Crippen molar-refractivity contribution in [3.05, 3.63) is 64.7 Å². The number of amides is 1. The van der Waals surface area contributed by atoms with Gasteiger partial charge in [0.15, 0.2) is 0 Å². The number of phenolic OH excluding ortho intramolecular Hbond substituents is 1. The zero-order valence-corrected chi connectivity index (χ0v) is 11.9. The fourth-order valence-electron chi connectivity index (χ4n) is 2.19. The van der Waals surface area contributed by atoms with Gasteiger partial charge in [0.05, 0.1) is 0 Å². The summed E-state index contributed by atoms with van der Waals surface area (Å²) in [5, 5.41) is 12.9. The van der Waals surface area contributed by atoms with Gasteiger partial charge in [0.2, 0.25) is 5.91 Å². The molecular formula is C16H16ClNO2. The van der Waals surface area contributed by atoms with Gasteiger partial charge in [-0.25, -0.2) is 0 Å². The standard InChI is InChI=1S/C16H16ClNO2/c1-18-16(20)10-14(11-5-4-6-12(19)9-11)13-7-2-3-8-15(13)17/h2-9,14,19H,10H2,1H3,(H,18,20)/t14-/m0/s1. The Labute approximate surface area is 123 Å². The van der Waals surface area contributed by atoms with Gasteiger partial charge in [-0.05, 0) is 29.3 Å². The Morgan fingerprint density at radius 3 is 2.65 bits per heavy atom. The fourth-order valence-corrected chi connectivity index (χ4v) is 2.46. The molecule has 1 atom stereocenters. The van der Waals surface area contributed by atoms with Gasteiger partial charge in [0.1, 0.15) is 5.75 Å². The van der Waals surface area contributed by atoms with Crippen molar-refractivity contribution in [3.63, 3.8) is 0 Å². The molecule has 3 nitrogen and oxygen atoms in total. The van der Waals surface area contributed by atoms with Gasteiger partial charge < -0.3 is 10.4 Å². The third kappa shape index (κ3) is 3.31. The van der Waals surface area contributed by atoms with E-state index in [4.69, 9.17) is 11.6 Å². The number of carbonyl (C=O) groups is 1. The van der Waals surface area contributed by atoms with E-state index in [1.165, 1.54) is 0 Å². The first-order chi connectivity index (χ1) is 9.61. The summed E-state index contributed by atoms with van der Waals surface area (Å²) in [6.07, 6.45) is 0.281. The molecule has 2 rings (SSSR count). The number of carbonyl (C=O) groups excluding carboxylic acids is 1. The van der Waals surface area contributed by atoms with E-state index in [1.807, 2.05) is 24.3 Å². The summed E-state index contributed by atoms with van der Waals surface area (Å²) in [7, 11) is 1.61. The predicted octanol–water partition coefficient (Wildman–Crippen LogP) is 3.31. The van der Waals surface area contributed by atoms with E-state index in [9.17, 15) is 9.90 Å². The molecule has 2 aromatic rings. The van der Waals surface area contributed by atoms with Gasteiger partial charge in [-0.2, -0.15) is 0 Å². The summed E-state index contributed by atoms with van der Waals surface area (Å²) >= 11 is 6.24. The van der Waals surface area contributed by atoms with Crippen LogP contribution in [0.5, 0.6) is 5.75 Å². The number of phenols is 1. The molecule has 104 valence electrons. The molecule has 2 aromatic carbocycles. The van der Waals surface area contributed by atoms with Gasteiger partial charge in [0.25, 0.3) is 0 Å². The summed E-state index contributed by atoms with van der Waals surface area (Å²) in [5.41, 5.74) is 1.74. The molecule has 0 spiro atoms. The lowest BCUT2D eigenvalue weighted by Gasteiger charge is -2.18. The maximum absolute atomic E-state index is 11.7. The van der Waals surface area contributed by atoms with Crippen LogP contribution in [0.2, 0.25) is 5.02 Å². The first kappa shape index (κ1) is 14.4. The summed E-state index contributed by atoms with van der Waals surface area (Å²) in [4.78, 5) is 11.7. The quantitative estimate of drug-likeness (QED) is 0.907. The van der Waals surface area contributed by atoms with Crippen LogP contribution in [-0.4, -0.2) is 18.1 Å². The number of nitrogens with one attached hydrogen (secondary N) is 1. The van der Waals surface area contributed by atoms with Gasteiger partial charge in [-0.15, -0.1) is 0 Å². The normalized spacial score (nSPS) is 11.9. The number of benzene rings is 2. The van der Waals surface area contributed by atoms with Crippen molar-refractivity contribution >= 4 is 17.5 Å². The van der Waals surface area contributed by atoms with Gasteiger partial charge >= 0.3 is 0 Å². The van der Waals surface area contributed by atoms with Crippen LogP contribution in [-0.2, 0) is 4.79 Å². The molecule has 0 aliphatic carbocycles. The minimum atomic E-state index is -0.184. The van der Waals surface area contributed by atoms with E-state index in [0.29, 0.717) is 5.02 Å². The van der Waals surface area contributed by atoms with Crippen LogP contribution in [0.4, 0.5) is 0 Å². The number of hydrogen-bond donors (Lipinski definition) is 2. The van der Waals surface area contributed by atoms with Crippen LogP contribution in [0, 0.1) is 0 Å². The SMILES string of the molecule is CNC(=O)C[C@@H](c1cccc(O)c1)c1ccccc1Cl. The predicted molar refractivity (Wildman–Crippen MR) is 80.1 cm³/mol. The molecule has 4 heteroatoms. The Kier molecular flexibility index (Phi) is 4.64. The van der Waals surface area contributed by atoms with Crippen molar-refractivity contribution in [3.8, 4) is 5.75 Å². The Bertz CT molecular complexity index is 613. The zero-order chi connectivity index (χ0) is 14.5. The maximum atomic E-state index is 11.7. The summed E-state index contributed by atoms with van der Waals surface area (Å²) < 4.78 is 0. The molecule has 0 fully saturated rings. The van der Waals surface area contributed by atoms with E-state index in [-0.39, 0.29) is 24.0 Å². The molecule has 0 heterocycles. The summed E-state index contributed by atoms with van der Waals surface area (Å²) in [5.74, 6) is -0.0783. The minimum Gasteiger partial charge on any atom is -0.508 e. The van der Waals surface area contributed by atoms with Crippen LogP contribution in [0.3, 0.4) is 0 Å². The average molecular weight is 290 g/mol. The third-order valence-electron chi connectivity index (χ3n) is 3.22. The molecule has 2 N–H and O–H groups in total. The van der Waals surface area contributed by atoms with Crippen molar-refractivity contribution in [2.75, 3.05) is 7.05 Å². The maximum Gasteiger partial charge on any atom is 0.220 e. The van der Waals surface area contributed by atoms with Crippen molar-refractivity contribution < 1.29 is 9.90 Å². The van der Waals surface area contributed by atoms with Crippen LogP contribution in [0.15, 0.2) is 48.5 Å². The number of hydrogen-bond acceptors (Lipinski definition) is 2. The fraction of sp³-hybridized carbons (Fsp3) is 0.188. The summed E-state index contributed by atoms with van der Waals surface area (Å²) in [6.45, 7) is 0. The zero-order valence-electron chi connectivity index (χ0n) is 11.1. The monoisotopic (exact) mass is 289 g/mol. The van der Waals surface area contributed by atoms with Crippen LogP contribution in [0.25, 0.3) is 0 Å². The molecular weight excluding hydrogens is 274 g/mol. The molecule has 0 aliphatic heterocycles. The second-order valence-corrected chi connectivity index (χ2v) is 4.95. The van der Waals surface area contributed by atoms with Crippen LogP contribution in [0.1, 0.15) is 23.5 Å². The van der Waals surface area contributed by atoms with Crippen LogP contribution >= 0.6 is 11.6 Å². The molecule has 0 unspecified atom stereocenters. The Hall–Kier alpha value is -2.00. The first-order valence-electron chi connectivity index (χ1n) is 6.35. The second-order valence-electron chi connectivity index (χ2n) is 4.55. The second kappa shape index (κ2) is 6.44. The smallest absolute Gasteiger partial charge is 0.220 e. The number of aromatic hydroxyl groups is 1. The highest BCUT2D eigenvalue weighted by molar-refractivity contribution is 6.31. The lowest BCUT2D eigenvalue weighted by atomic mass is 9.88.